The largest absolute Gasteiger partial charge is 0.332 e. The van der Waals surface area contributed by atoms with Crippen LogP contribution in [0, 0.1) is 10.8 Å². The van der Waals surface area contributed by atoms with Crippen LogP contribution in [-0.4, -0.2) is 11.8 Å². The maximum absolute atomic E-state index is 12.3. The number of amides is 2. The molecule has 0 aromatic heterocycles. The first-order valence-electron chi connectivity index (χ1n) is 7.29. The zero-order chi connectivity index (χ0) is 17.1. The summed E-state index contributed by atoms with van der Waals surface area (Å²) in [6.07, 6.45) is -0.660. The van der Waals surface area contributed by atoms with Crippen LogP contribution in [0.3, 0.4) is 0 Å². The second-order valence-electron chi connectivity index (χ2n) is 7.40. The Hall–Kier alpha value is -1.55. The van der Waals surface area contributed by atoms with Crippen molar-refractivity contribution in [2.75, 3.05) is 0 Å². The molecular formula is C17H25ClN2O2. The second kappa shape index (κ2) is 6.69. The monoisotopic (exact) mass is 324 g/mol. The summed E-state index contributed by atoms with van der Waals surface area (Å²) in [5.74, 6) is -0.321. The molecule has 4 nitrogen and oxygen atoms in total. The lowest BCUT2D eigenvalue weighted by atomic mass is 9.94. The molecule has 0 spiro atoms. The molecule has 0 heterocycles. The zero-order valence-electron chi connectivity index (χ0n) is 14.1. The first kappa shape index (κ1) is 18.5. The van der Waals surface area contributed by atoms with Crippen LogP contribution in [0.1, 0.15) is 53.3 Å². The lowest BCUT2D eigenvalue weighted by Gasteiger charge is -2.28. The summed E-state index contributed by atoms with van der Waals surface area (Å²) in [5, 5.41) is 6.22. The van der Waals surface area contributed by atoms with Crippen molar-refractivity contribution in [2.45, 2.75) is 47.7 Å². The van der Waals surface area contributed by atoms with Crippen molar-refractivity contribution in [3.05, 3.63) is 34.9 Å². The van der Waals surface area contributed by atoms with E-state index in [0.717, 1.165) is 0 Å². The third-order valence-electron chi connectivity index (χ3n) is 3.13. The van der Waals surface area contributed by atoms with Crippen LogP contribution in [0.15, 0.2) is 24.3 Å². The number of rotatable bonds is 3. The number of hydrogen-bond acceptors (Lipinski definition) is 2. The minimum absolute atomic E-state index is 0.161. The predicted octanol–water partition coefficient (Wildman–Crippen LogP) is 3.66. The quantitative estimate of drug-likeness (QED) is 0.833. The molecule has 0 radical (unpaired) electrons. The van der Waals surface area contributed by atoms with Crippen molar-refractivity contribution in [2.24, 2.45) is 10.8 Å². The Kier molecular flexibility index (Phi) is 5.63. The van der Waals surface area contributed by atoms with Gasteiger partial charge in [0.1, 0.15) is 6.17 Å². The summed E-state index contributed by atoms with van der Waals surface area (Å²) in [7, 11) is 0. The molecule has 122 valence electrons. The van der Waals surface area contributed by atoms with Gasteiger partial charge in [-0.2, -0.15) is 0 Å². The van der Waals surface area contributed by atoms with E-state index in [4.69, 9.17) is 11.6 Å². The van der Waals surface area contributed by atoms with Crippen molar-refractivity contribution in [3.63, 3.8) is 0 Å². The van der Waals surface area contributed by atoms with Crippen LogP contribution in [0.4, 0.5) is 0 Å². The van der Waals surface area contributed by atoms with Crippen LogP contribution in [0.2, 0.25) is 5.02 Å². The van der Waals surface area contributed by atoms with E-state index < -0.39 is 17.0 Å². The fraction of sp³-hybridized carbons (Fsp3) is 0.529. The first-order chi connectivity index (χ1) is 9.93. The number of benzene rings is 1. The second-order valence-corrected chi connectivity index (χ2v) is 7.81. The Morgan fingerprint density at radius 2 is 1.32 bits per heavy atom. The average molecular weight is 325 g/mol. The molecule has 0 bridgehead atoms. The maximum Gasteiger partial charge on any atom is 0.227 e. The zero-order valence-corrected chi connectivity index (χ0v) is 14.8. The topological polar surface area (TPSA) is 58.2 Å². The maximum atomic E-state index is 12.3. The van der Waals surface area contributed by atoms with Crippen molar-refractivity contribution < 1.29 is 9.59 Å². The molecule has 2 amide bonds. The highest BCUT2D eigenvalue weighted by Crippen LogP contribution is 2.24. The van der Waals surface area contributed by atoms with E-state index in [9.17, 15) is 9.59 Å². The van der Waals surface area contributed by atoms with E-state index >= 15 is 0 Å². The van der Waals surface area contributed by atoms with Crippen molar-refractivity contribution >= 4 is 23.4 Å². The minimum atomic E-state index is -0.660. The summed E-state index contributed by atoms with van der Waals surface area (Å²) in [5.41, 5.74) is -0.461. The highest BCUT2D eigenvalue weighted by molar-refractivity contribution is 6.31. The van der Waals surface area contributed by atoms with Gasteiger partial charge in [-0.15, -0.1) is 0 Å². The van der Waals surface area contributed by atoms with Crippen LogP contribution < -0.4 is 10.6 Å². The lowest BCUT2D eigenvalue weighted by molar-refractivity contribution is -0.132. The molecule has 0 saturated carbocycles. The Morgan fingerprint density at radius 1 is 0.909 bits per heavy atom. The molecule has 0 aliphatic heterocycles. The van der Waals surface area contributed by atoms with Gasteiger partial charge in [0.25, 0.3) is 0 Å². The molecule has 1 aromatic rings. The molecule has 5 heteroatoms. The molecule has 0 unspecified atom stereocenters. The van der Waals surface area contributed by atoms with Gasteiger partial charge in [0.2, 0.25) is 11.8 Å². The molecule has 2 N–H and O–H groups in total. The third-order valence-corrected chi connectivity index (χ3v) is 3.47. The standard InChI is InChI=1S/C17H25ClN2O2/c1-16(2,3)14(21)19-13(20-15(22)17(4,5)6)11-9-7-8-10-12(11)18/h7-10,13H,1-6H3,(H,19,21)(H,20,22). The van der Waals surface area contributed by atoms with Crippen LogP contribution in [0.25, 0.3) is 0 Å². The summed E-state index contributed by atoms with van der Waals surface area (Å²) >= 11 is 6.21. The Morgan fingerprint density at radius 3 is 1.68 bits per heavy atom. The van der Waals surface area contributed by atoms with Gasteiger partial charge in [0, 0.05) is 21.4 Å². The number of halogens is 1. The fourth-order valence-corrected chi connectivity index (χ4v) is 1.84. The van der Waals surface area contributed by atoms with Crippen LogP contribution in [0.5, 0.6) is 0 Å². The Balaban J connectivity index is 3.09. The van der Waals surface area contributed by atoms with Crippen molar-refractivity contribution in [1.29, 1.82) is 0 Å². The number of carbonyl (C=O) groups excluding carboxylic acids is 2. The molecular weight excluding hydrogens is 300 g/mol. The van der Waals surface area contributed by atoms with Gasteiger partial charge in [-0.1, -0.05) is 71.3 Å². The van der Waals surface area contributed by atoms with Crippen molar-refractivity contribution in [1.82, 2.24) is 10.6 Å². The van der Waals surface area contributed by atoms with E-state index in [1.54, 1.807) is 18.2 Å². The van der Waals surface area contributed by atoms with E-state index in [2.05, 4.69) is 10.6 Å². The Labute approximate surface area is 137 Å². The summed E-state index contributed by atoms with van der Waals surface area (Å²) in [4.78, 5) is 24.6. The summed E-state index contributed by atoms with van der Waals surface area (Å²) < 4.78 is 0. The molecule has 0 saturated heterocycles. The average Bonchev–Trinajstić information content (AvgIpc) is 2.36. The molecule has 0 fully saturated rings. The van der Waals surface area contributed by atoms with Gasteiger partial charge >= 0.3 is 0 Å². The smallest absolute Gasteiger partial charge is 0.227 e. The van der Waals surface area contributed by atoms with E-state index in [1.807, 2.05) is 47.6 Å². The SMILES string of the molecule is CC(C)(C)C(=O)NC(NC(=O)C(C)(C)C)c1ccccc1Cl. The third kappa shape index (κ3) is 5.02. The van der Waals surface area contributed by atoms with Gasteiger partial charge in [-0.05, 0) is 6.07 Å². The first-order valence-corrected chi connectivity index (χ1v) is 7.67. The number of nitrogens with one attached hydrogen (secondary N) is 2. The molecule has 1 aromatic carbocycles. The van der Waals surface area contributed by atoms with E-state index in [1.165, 1.54) is 0 Å². The van der Waals surface area contributed by atoms with E-state index in [0.29, 0.717) is 10.6 Å². The number of carbonyl (C=O) groups is 2. The summed E-state index contributed by atoms with van der Waals surface area (Å²) in [6, 6.07) is 7.15. The molecule has 0 aliphatic rings. The normalized spacial score (nSPS) is 12.2. The minimum Gasteiger partial charge on any atom is -0.332 e. The lowest BCUT2D eigenvalue weighted by Crippen LogP contribution is -2.47. The molecule has 0 aliphatic carbocycles. The molecule has 1 rings (SSSR count). The van der Waals surface area contributed by atoms with E-state index in [-0.39, 0.29) is 11.8 Å². The van der Waals surface area contributed by atoms with Gasteiger partial charge in [-0.25, -0.2) is 0 Å². The van der Waals surface area contributed by atoms with Crippen molar-refractivity contribution in [3.8, 4) is 0 Å². The van der Waals surface area contributed by atoms with Gasteiger partial charge in [-0.3, -0.25) is 9.59 Å². The highest BCUT2D eigenvalue weighted by atomic mass is 35.5. The fourth-order valence-electron chi connectivity index (χ4n) is 1.60. The molecule has 22 heavy (non-hydrogen) atoms. The van der Waals surface area contributed by atoms with Gasteiger partial charge in [0.05, 0.1) is 0 Å². The van der Waals surface area contributed by atoms with Crippen LogP contribution in [-0.2, 0) is 9.59 Å². The highest BCUT2D eigenvalue weighted by Gasteiger charge is 2.29. The summed E-state index contributed by atoms with van der Waals surface area (Å²) in [6.45, 7) is 10.9. The van der Waals surface area contributed by atoms with Crippen LogP contribution >= 0.6 is 11.6 Å². The van der Waals surface area contributed by atoms with Gasteiger partial charge < -0.3 is 10.6 Å². The molecule has 0 atom stereocenters. The predicted molar refractivity (Wildman–Crippen MR) is 89.4 cm³/mol. The Bertz CT molecular complexity index is 529. The number of hydrogen-bond donors (Lipinski definition) is 2. The van der Waals surface area contributed by atoms with Gasteiger partial charge in [0.15, 0.2) is 0 Å².